The van der Waals surface area contributed by atoms with Crippen LogP contribution in [0.2, 0.25) is 0 Å². The zero-order valence-electron chi connectivity index (χ0n) is 13.1. The van der Waals surface area contributed by atoms with Gasteiger partial charge in [0.15, 0.2) is 0 Å². The molecule has 0 radical (unpaired) electrons. The minimum atomic E-state index is -0.527. The number of carbonyl (C=O) groups excluding carboxylic acids is 2. The number of nitrogens with zero attached hydrogens (tertiary/aromatic N) is 1. The summed E-state index contributed by atoms with van der Waals surface area (Å²) in [5.74, 6) is 0.873. The van der Waals surface area contributed by atoms with E-state index in [2.05, 4.69) is 15.5 Å². The van der Waals surface area contributed by atoms with Gasteiger partial charge in [-0.1, -0.05) is 0 Å². The van der Waals surface area contributed by atoms with E-state index < -0.39 is 11.9 Å². The van der Waals surface area contributed by atoms with Gasteiger partial charge in [-0.2, -0.15) is 0 Å². The summed E-state index contributed by atoms with van der Waals surface area (Å²) in [4.78, 5) is 25.1. The van der Waals surface area contributed by atoms with Crippen molar-refractivity contribution in [2.24, 2.45) is 0 Å². The third kappa shape index (κ3) is 2.94. The van der Waals surface area contributed by atoms with Gasteiger partial charge < -0.3 is 19.7 Å². The van der Waals surface area contributed by atoms with Gasteiger partial charge in [-0.25, -0.2) is 4.79 Å². The molecule has 2 aliphatic rings. The minimum absolute atomic E-state index is 0.185. The molecule has 0 bridgehead atoms. The molecule has 2 heterocycles. The molecule has 2 aliphatic heterocycles. The predicted octanol–water partition coefficient (Wildman–Crippen LogP) is 1.48. The molecule has 0 atom stereocenters. The molecule has 0 spiro atoms. The molecule has 0 aromatic heterocycles. The first-order valence-corrected chi connectivity index (χ1v) is 7.47. The van der Waals surface area contributed by atoms with Gasteiger partial charge in [0.1, 0.15) is 17.2 Å². The Morgan fingerprint density at radius 3 is 2.30 bits per heavy atom. The number of imide groups is 1. The highest BCUT2D eigenvalue weighted by atomic mass is 16.5. The Balaban J connectivity index is 2.01. The van der Waals surface area contributed by atoms with Crippen LogP contribution in [0.4, 0.5) is 10.5 Å². The molecular weight excluding hydrogens is 298 g/mol. The van der Waals surface area contributed by atoms with Gasteiger partial charge in [-0.05, 0) is 25.0 Å². The number of rotatable bonds is 4. The van der Waals surface area contributed by atoms with Gasteiger partial charge in [0.05, 0.1) is 19.9 Å². The lowest BCUT2D eigenvalue weighted by atomic mass is 10.1. The fourth-order valence-electron chi connectivity index (χ4n) is 2.86. The van der Waals surface area contributed by atoms with Crippen molar-refractivity contribution >= 4 is 23.7 Å². The van der Waals surface area contributed by atoms with Crippen molar-refractivity contribution in [3.05, 3.63) is 23.4 Å². The van der Waals surface area contributed by atoms with Crippen molar-refractivity contribution in [3.8, 4) is 11.5 Å². The van der Waals surface area contributed by atoms with Crippen LogP contribution >= 0.6 is 0 Å². The molecule has 0 aliphatic carbocycles. The van der Waals surface area contributed by atoms with E-state index in [-0.39, 0.29) is 5.70 Å². The van der Waals surface area contributed by atoms with Crippen LogP contribution in [0.3, 0.4) is 0 Å². The van der Waals surface area contributed by atoms with Gasteiger partial charge in [0, 0.05) is 24.7 Å². The fraction of sp³-hybridized carbons (Fsp3) is 0.375. The summed E-state index contributed by atoms with van der Waals surface area (Å²) in [7, 11) is 3.19. The zero-order chi connectivity index (χ0) is 16.4. The Hall–Kier alpha value is -2.70. The van der Waals surface area contributed by atoms with Crippen LogP contribution < -0.4 is 25.0 Å². The minimum Gasteiger partial charge on any atom is -0.496 e. The van der Waals surface area contributed by atoms with Crippen molar-refractivity contribution in [2.45, 2.75) is 12.8 Å². The van der Waals surface area contributed by atoms with Crippen LogP contribution in [0.25, 0.3) is 6.08 Å². The molecule has 0 saturated carbocycles. The van der Waals surface area contributed by atoms with Crippen molar-refractivity contribution in [1.82, 2.24) is 10.6 Å². The van der Waals surface area contributed by atoms with E-state index in [1.165, 1.54) is 0 Å². The van der Waals surface area contributed by atoms with Crippen LogP contribution in [0.5, 0.6) is 11.5 Å². The van der Waals surface area contributed by atoms with Gasteiger partial charge in [0.25, 0.3) is 5.91 Å². The first kappa shape index (κ1) is 15.2. The first-order valence-electron chi connectivity index (χ1n) is 7.47. The number of amides is 3. The fourth-order valence-corrected chi connectivity index (χ4v) is 2.86. The number of hydrogen-bond donors (Lipinski definition) is 2. The molecular formula is C16H19N3O4. The maximum absolute atomic E-state index is 11.7. The third-order valence-corrected chi connectivity index (χ3v) is 4.00. The largest absolute Gasteiger partial charge is 0.496 e. The second-order valence-corrected chi connectivity index (χ2v) is 5.43. The number of hydrogen-bond acceptors (Lipinski definition) is 5. The Labute approximate surface area is 134 Å². The first-order chi connectivity index (χ1) is 11.1. The number of carbonyl (C=O) groups is 2. The zero-order valence-corrected chi connectivity index (χ0v) is 13.1. The summed E-state index contributed by atoms with van der Waals surface area (Å²) in [5.41, 5.74) is 1.83. The Kier molecular flexibility index (Phi) is 4.10. The average molecular weight is 317 g/mol. The van der Waals surface area contributed by atoms with Crippen molar-refractivity contribution < 1.29 is 19.1 Å². The van der Waals surface area contributed by atoms with Gasteiger partial charge >= 0.3 is 6.03 Å². The Morgan fingerprint density at radius 2 is 1.74 bits per heavy atom. The number of nitrogens with one attached hydrogen (secondary N) is 2. The van der Waals surface area contributed by atoms with Gasteiger partial charge in [0.2, 0.25) is 0 Å². The number of benzene rings is 1. The summed E-state index contributed by atoms with van der Waals surface area (Å²) >= 11 is 0. The van der Waals surface area contributed by atoms with Gasteiger partial charge in [-0.15, -0.1) is 0 Å². The van der Waals surface area contributed by atoms with E-state index in [1.54, 1.807) is 20.3 Å². The van der Waals surface area contributed by atoms with E-state index in [9.17, 15) is 9.59 Å². The molecule has 0 unspecified atom stereocenters. The molecule has 122 valence electrons. The Morgan fingerprint density at radius 1 is 1.04 bits per heavy atom. The van der Waals surface area contributed by atoms with E-state index >= 15 is 0 Å². The van der Waals surface area contributed by atoms with E-state index in [1.807, 2.05) is 12.1 Å². The highest BCUT2D eigenvalue weighted by Gasteiger charge is 2.24. The van der Waals surface area contributed by atoms with Crippen molar-refractivity contribution in [3.63, 3.8) is 0 Å². The lowest BCUT2D eigenvalue weighted by molar-refractivity contribution is -0.115. The molecule has 2 N–H and O–H groups in total. The SMILES string of the molecule is COc1cc(N2CCCC2)c(OC)cc1/C=C1/NC(=O)NC1=O. The molecule has 3 amide bonds. The number of urea groups is 1. The molecule has 7 nitrogen and oxygen atoms in total. The monoisotopic (exact) mass is 317 g/mol. The standard InChI is InChI=1S/C16H19N3O4/c1-22-13-9-12(19-5-3-4-6-19)14(23-2)8-10(13)7-11-15(20)18-16(21)17-11/h7-9H,3-6H2,1-2H3,(H2,17,18,20,21)/b11-7+. The second-order valence-electron chi connectivity index (χ2n) is 5.43. The lowest BCUT2D eigenvalue weighted by Gasteiger charge is -2.22. The van der Waals surface area contributed by atoms with E-state index in [0.29, 0.717) is 17.1 Å². The van der Waals surface area contributed by atoms with Crippen LogP contribution in [0, 0.1) is 0 Å². The second kappa shape index (κ2) is 6.20. The number of ether oxygens (including phenoxy) is 2. The molecule has 7 heteroatoms. The third-order valence-electron chi connectivity index (χ3n) is 4.00. The van der Waals surface area contributed by atoms with E-state index in [0.717, 1.165) is 31.6 Å². The summed E-state index contributed by atoms with van der Waals surface area (Å²) in [5, 5.41) is 4.64. The number of anilines is 1. The maximum atomic E-state index is 11.7. The molecule has 1 aromatic rings. The Bertz CT molecular complexity index is 678. The predicted molar refractivity (Wildman–Crippen MR) is 85.6 cm³/mol. The maximum Gasteiger partial charge on any atom is 0.326 e. The topological polar surface area (TPSA) is 79.9 Å². The molecule has 2 saturated heterocycles. The summed E-state index contributed by atoms with van der Waals surface area (Å²) in [6.45, 7) is 1.97. The van der Waals surface area contributed by atoms with Crippen molar-refractivity contribution in [2.75, 3.05) is 32.2 Å². The van der Waals surface area contributed by atoms with E-state index in [4.69, 9.17) is 9.47 Å². The lowest BCUT2D eigenvalue weighted by Crippen LogP contribution is -2.22. The number of methoxy groups -OCH3 is 2. The van der Waals surface area contributed by atoms with Crippen LogP contribution in [0.1, 0.15) is 18.4 Å². The summed E-state index contributed by atoms with van der Waals surface area (Å²) < 4.78 is 10.9. The molecule has 1 aromatic carbocycles. The van der Waals surface area contributed by atoms with Crippen molar-refractivity contribution in [1.29, 1.82) is 0 Å². The molecule has 23 heavy (non-hydrogen) atoms. The average Bonchev–Trinajstić information content (AvgIpc) is 3.17. The summed E-state index contributed by atoms with van der Waals surface area (Å²) in [6, 6.07) is 3.20. The highest BCUT2D eigenvalue weighted by Crippen LogP contribution is 2.37. The molecule has 2 fully saturated rings. The smallest absolute Gasteiger partial charge is 0.326 e. The molecule has 3 rings (SSSR count). The summed E-state index contributed by atoms with van der Waals surface area (Å²) in [6.07, 6.45) is 3.89. The normalized spacial score (nSPS) is 19.0. The highest BCUT2D eigenvalue weighted by molar-refractivity contribution is 6.14. The van der Waals surface area contributed by atoms with Gasteiger partial charge in [-0.3, -0.25) is 10.1 Å². The van der Waals surface area contributed by atoms with Crippen LogP contribution in [-0.2, 0) is 4.79 Å². The van der Waals surface area contributed by atoms with Crippen LogP contribution in [-0.4, -0.2) is 39.2 Å². The van der Waals surface area contributed by atoms with Crippen LogP contribution in [0.15, 0.2) is 17.8 Å². The quantitative estimate of drug-likeness (QED) is 0.649.